The third-order valence-corrected chi connectivity index (χ3v) is 6.37. The molecule has 0 spiro atoms. The number of amides is 2. The summed E-state index contributed by atoms with van der Waals surface area (Å²) in [5.41, 5.74) is 1.79. The highest BCUT2D eigenvalue weighted by Crippen LogP contribution is 2.19. The van der Waals surface area contributed by atoms with Crippen LogP contribution in [0, 0.1) is 0 Å². The van der Waals surface area contributed by atoms with Crippen LogP contribution in [0.25, 0.3) is 0 Å². The van der Waals surface area contributed by atoms with Crippen LogP contribution in [0.5, 0.6) is 0 Å². The van der Waals surface area contributed by atoms with Crippen molar-refractivity contribution in [1.82, 2.24) is 10.2 Å². The van der Waals surface area contributed by atoms with Crippen molar-refractivity contribution in [3.63, 3.8) is 0 Å². The van der Waals surface area contributed by atoms with E-state index >= 15 is 0 Å². The predicted octanol–water partition coefficient (Wildman–Crippen LogP) is 3.05. The number of unbranched alkanes of at least 4 members (excludes halogenated alkanes) is 1. The minimum atomic E-state index is -3.88. The Morgan fingerprint density at radius 1 is 1.06 bits per heavy atom. The summed E-state index contributed by atoms with van der Waals surface area (Å²) in [6, 6.07) is 13.0. The molecular formula is C24H33N3O5S. The molecule has 0 aliphatic rings. The molecule has 8 nitrogen and oxygen atoms in total. The molecule has 0 aliphatic carbocycles. The summed E-state index contributed by atoms with van der Waals surface area (Å²) < 4.78 is 33.2. The number of anilines is 1. The summed E-state index contributed by atoms with van der Waals surface area (Å²) in [5.74, 6) is -0.742. The maximum atomic E-state index is 12.8. The molecule has 2 aromatic carbocycles. The van der Waals surface area contributed by atoms with E-state index in [4.69, 9.17) is 4.74 Å². The van der Waals surface area contributed by atoms with Gasteiger partial charge in [0.15, 0.2) is 0 Å². The number of carbonyl (C=O) groups excluding carboxylic acids is 2. The summed E-state index contributed by atoms with van der Waals surface area (Å²) in [6.45, 7) is 2.98. The van der Waals surface area contributed by atoms with Gasteiger partial charge in [-0.2, -0.15) is 0 Å². The van der Waals surface area contributed by atoms with Gasteiger partial charge in [-0.3, -0.25) is 14.3 Å². The second-order valence-electron chi connectivity index (χ2n) is 7.79. The van der Waals surface area contributed by atoms with Crippen molar-refractivity contribution in [1.29, 1.82) is 0 Å². The number of methoxy groups -OCH3 is 1. The Morgan fingerprint density at radius 3 is 2.45 bits per heavy atom. The third-order valence-electron chi connectivity index (χ3n) is 4.99. The summed E-state index contributed by atoms with van der Waals surface area (Å²) >= 11 is 0. The number of rotatable bonds is 13. The largest absolute Gasteiger partial charge is 0.385 e. The Labute approximate surface area is 196 Å². The monoisotopic (exact) mass is 475 g/mol. The first kappa shape index (κ1) is 26.3. The van der Waals surface area contributed by atoms with Gasteiger partial charge in [0.2, 0.25) is 5.91 Å². The van der Waals surface area contributed by atoms with Crippen molar-refractivity contribution in [3.05, 3.63) is 59.7 Å². The average Bonchev–Trinajstić information content (AvgIpc) is 2.80. The van der Waals surface area contributed by atoms with E-state index in [-0.39, 0.29) is 22.9 Å². The molecule has 0 unspecified atom stereocenters. The van der Waals surface area contributed by atoms with E-state index in [2.05, 4.69) is 17.0 Å². The molecule has 2 rings (SSSR count). The molecule has 2 aromatic rings. The molecule has 0 heterocycles. The normalized spacial score (nSPS) is 11.1. The van der Waals surface area contributed by atoms with E-state index in [0.717, 1.165) is 24.8 Å². The maximum Gasteiger partial charge on any atom is 0.261 e. The van der Waals surface area contributed by atoms with Gasteiger partial charge in [-0.1, -0.05) is 31.5 Å². The molecule has 0 aromatic heterocycles. The average molecular weight is 476 g/mol. The minimum absolute atomic E-state index is 0.0270. The number of ether oxygens (including phenoxy) is 1. The molecule has 0 aliphatic heterocycles. The standard InChI is InChI=1S/C24H33N3O5S/c1-4-5-8-19-11-13-21(14-12-19)26-33(30,31)22-10-6-9-20(17-22)24(29)27(2)18-23(28)25-15-7-16-32-3/h6,9-14,17,26H,4-5,7-8,15-16,18H2,1-3H3,(H,25,28). The van der Waals surface area contributed by atoms with Crippen molar-refractivity contribution < 1.29 is 22.7 Å². The molecule has 2 amide bonds. The number of benzene rings is 2. The van der Waals surface area contributed by atoms with Crippen LogP contribution in [0.4, 0.5) is 5.69 Å². The Morgan fingerprint density at radius 2 is 1.79 bits per heavy atom. The van der Waals surface area contributed by atoms with Gasteiger partial charge in [0.1, 0.15) is 0 Å². The fraction of sp³-hybridized carbons (Fsp3) is 0.417. The van der Waals surface area contributed by atoms with Crippen LogP contribution in [-0.2, 0) is 26.0 Å². The van der Waals surface area contributed by atoms with Gasteiger partial charge in [-0.25, -0.2) is 8.42 Å². The fourth-order valence-corrected chi connectivity index (χ4v) is 4.24. The fourth-order valence-electron chi connectivity index (χ4n) is 3.14. The molecule has 0 bridgehead atoms. The SMILES string of the molecule is CCCCc1ccc(NS(=O)(=O)c2cccc(C(=O)N(C)CC(=O)NCCCOC)c2)cc1. The summed E-state index contributed by atoms with van der Waals surface area (Å²) in [6.07, 6.45) is 3.80. The van der Waals surface area contributed by atoms with Crippen LogP contribution in [-0.4, -0.2) is 59.0 Å². The number of nitrogens with one attached hydrogen (secondary N) is 2. The van der Waals surface area contributed by atoms with E-state index in [1.165, 1.54) is 36.2 Å². The zero-order valence-electron chi connectivity index (χ0n) is 19.5. The Kier molecular flexibility index (Phi) is 10.3. The van der Waals surface area contributed by atoms with E-state index in [9.17, 15) is 18.0 Å². The van der Waals surface area contributed by atoms with Gasteiger partial charge in [0.05, 0.1) is 11.4 Å². The lowest BCUT2D eigenvalue weighted by Crippen LogP contribution is -2.38. The maximum absolute atomic E-state index is 12.8. The van der Waals surface area contributed by atoms with E-state index in [1.807, 2.05) is 12.1 Å². The molecular weight excluding hydrogens is 442 g/mol. The number of hydrogen-bond donors (Lipinski definition) is 2. The number of carbonyl (C=O) groups is 2. The van der Waals surface area contributed by atoms with Crippen LogP contribution in [0.1, 0.15) is 42.1 Å². The van der Waals surface area contributed by atoms with E-state index in [0.29, 0.717) is 25.3 Å². The third kappa shape index (κ3) is 8.51. The highest BCUT2D eigenvalue weighted by Gasteiger charge is 2.19. The summed E-state index contributed by atoms with van der Waals surface area (Å²) in [7, 11) is -0.795. The van der Waals surface area contributed by atoms with Crippen LogP contribution in [0.2, 0.25) is 0 Å². The second kappa shape index (κ2) is 13.0. The van der Waals surface area contributed by atoms with Gasteiger partial charge < -0.3 is 15.0 Å². The molecule has 2 N–H and O–H groups in total. The first-order chi connectivity index (χ1) is 15.8. The molecule has 0 saturated heterocycles. The molecule has 33 heavy (non-hydrogen) atoms. The number of aryl methyl sites for hydroxylation is 1. The number of likely N-dealkylation sites (N-methyl/N-ethyl adjacent to an activating group) is 1. The quantitative estimate of drug-likeness (QED) is 0.433. The zero-order valence-corrected chi connectivity index (χ0v) is 20.3. The van der Waals surface area contributed by atoms with Crippen LogP contribution in [0.3, 0.4) is 0 Å². The molecule has 180 valence electrons. The van der Waals surface area contributed by atoms with Crippen molar-refractivity contribution in [2.24, 2.45) is 0 Å². The number of sulfonamides is 1. The topological polar surface area (TPSA) is 105 Å². The highest BCUT2D eigenvalue weighted by atomic mass is 32.2. The molecule has 0 fully saturated rings. The Hall–Kier alpha value is -2.91. The van der Waals surface area contributed by atoms with Crippen LogP contribution in [0.15, 0.2) is 53.4 Å². The molecule has 0 radical (unpaired) electrons. The van der Waals surface area contributed by atoms with Gasteiger partial charge in [-0.05, 0) is 55.2 Å². The summed E-state index contributed by atoms with van der Waals surface area (Å²) in [5, 5.41) is 2.71. The van der Waals surface area contributed by atoms with Crippen LogP contribution >= 0.6 is 0 Å². The van der Waals surface area contributed by atoms with Crippen molar-refractivity contribution in [3.8, 4) is 0 Å². The lowest BCUT2D eigenvalue weighted by atomic mass is 10.1. The van der Waals surface area contributed by atoms with E-state index in [1.54, 1.807) is 19.2 Å². The molecule has 0 saturated carbocycles. The predicted molar refractivity (Wildman–Crippen MR) is 129 cm³/mol. The van der Waals surface area contributed by atoms with Crippen molar-refractivity contribution in [2.45, 2.75) is 37.5 Å². The smallest absolute Gasteiger partial charge is 0.261 e. The highest BCUT2D eigenvalue weighted by molar-refractivity contribution is 7.92. The van der Waals surface area contributed by atoms with Gasteiger partial charge in [0, 0.05) is 38.6 Å². The molecule has 0 atom stereocenters. The first-order valence-electron chi connectivity index (χ1n) is 11.0. The lowest BCUT2D eigenvalue weighted by molar-refractivity contribution is -0.121. The summed E-state index contributed by atoms with van der Waals surface area (Å²) in [4.78, 5) is 26.0. The second-order valence-corrected chi connectivity index (χ2v) is 9.47. The number of hydrogen-bond acceptors (Lipinski definition) is 5. The van der Waals surface area contributed by atoms with Crippen molar-refractivity contribution >= 4 is 27.5 Å². The van der Waals surface area contributed by atoms with E-state index < -0.39 is 15.9 Å². The Balaban J connectivity index is 2.03. The number of nitrogens with zero attached hydrogens (tertiary/aromatic N) is 1. The van der Waals surface area contributed by atoms with Crippen LogP contribution < -0.4 is 10.0 Å². The molecule has 9 heteroatoms. The lowest BCUT2D eigenvalue weighted by Gasteiger charge is -2.17. The van der Waals surface area contributed by atoms with Gasteiger partial charge >= 0.3 is 0 Å². The first-order valence-corrected chi connectivity index (χ1v) is 12.5. The van der Waals surface area contributed by atoms with Gasteiger partial charge in [-0.15, -0.1) is 0 Å². The minimum Gasteiger partial charge on any atom is -0.385 e. The zero-order chi connectivity index (χ0) is 24.3. The Bertz CT molecular complexity index is 1020. The van der Waals surface area contributed by atoms with Crippen molar-refractivity contribution in [2.75, 3.05) is 38.6 Å². The van der Waals surface area contributed by atoms with Gasteiger partial charge in [0.25, 0.3) is 15.9 Å².